The van der Waals surface area contributed by atoms with Crippen molar-refractivity contribution in [2.24, 2.45) is 0 Å². The van der Waals surface area contributed by atoms with Crippen LogP contribution in [0, 0.1) is 0 Å². The number of hydrogen-bond donors (Lipinski definition) is 0. The van der Waals surface area contributed by atoms with Crippen molar-refractivity contribution in [3.8, 4) is 11.5 Å². The SMILES string of the molecule is CN(Cc1ccccc1Br)C(=O)c1ccc2c(c1)OCCO2. The summed E-state index contributed by atoms with van der Waals surface area (Å²) in [5.41, 5.74) is 1.66. The molecule has 0 bridgehead atoms. The van der Waals surface area contributed by atoms with Gasteiger partial charge in [-0.3, -0.25) is 4.79 Å². The van der Waals surface area contributed by atoms with Crippen molar-refractivity contribution in [3.05, 3.63) is 58.1 Å². The molecular weight excluding hydrogens is 346 g/mol. The summed E-state index contributed by atoms with van der Waals surface area (Å²) in [6, 6.07) is 13.2. The predicted octanol–water partition coefficient (Wildman–Crippen LogP) is 3.49. The molecule has 0 saturated heterocycles. The number of nitrogens with zero attached hydrogens (tertiary/aromatic N) is 1. The van der Waals surface area contributed by atoms with E-state index in [1.165, 1.54) is 0 Å². The third kappa shape index (κ3) is 3.09. The fraction of sp³-hybridized carbons (Fsp3) is 0.235. The molecule has 0 saturated carbocycles. The van der Waals surface area contributed by atoms with Crippen LogP contribution in [0.4, 0.5) is 0 Å². The van der Waals surface area contributed by atoms with Gasteiger partial charge in [-0.1, -0.05) is 34.1 Å². The Balaban J connectivity index is 1.77. The van der Waals surface area contributed by atoms with E-state index < -0.39 is 0 Å². The first-order chi connectivity index (χ1) is 10.6. The lowest BCUT2D eigenvalue weighted by atomic mass is 10.1. The number of carbonyl (C=O) groups excluding carboxylic acids is 1. The molecule has 5 heteroatoms. The van der Waals surface area contributed by atoms with Gasteiger partial charge in [0, 0.05) is 23.6 Å². The van der Waals surface area contributed by atoms with Gasteiger partial charge < -0.3 is 14.4 Å². The molecule has 0 N–H and O–H groups in total. The Morgan fingerprint density at radius 3 is 2.64 bits per heavy atom. The summed E-state index contributed by atoms with van der Waals surface area (Å²) in [4.78, 5) is 14.2. The first-order valence-corrected chi connectivity index (χ1v) is 7.83. The zero-order chi connectivity index (χ0) is 15.5. The Hall–Kier alpha value is -2.01. The highest BCUT2D eigenvalue weighted by atomic mass is 79.9. The van der Waals surface area contributed by atoms with Crippen LogP contribution in [0.15, 0.2) is 46.9 Å². The molecule has 3 rings (SSSR count). The average molecular weight is 362 g/mol. The van der Waals surface area contributed by atoms with Crippen molar-refractivity contribution in [2.75, 3.05) is 20.3 Å². The molecular formula is C17H16BrNO3. The normalized spacial score (nSPS) is 12.8. The van der Waals surface area contributed by atoms with Crippen molar-refractivity contribution >= 4 is 21.8 Å². The zero-order valence-corrected chi connectivity index (χ0v) is 13.8. The molecule has 0 atom stereocenters. The highest BCUT2D eigenvalue weighted by Gasteiger charge is 2.18. The molecule has 0 aromatic heterocycles. The van der Waals surface area contributed by atoms with E-state index in [4.69, 9.17) is 9.47 Å². The van der Waals surface area contributed by atoms with Gasteiger partial charge in [-0.25, -0.2) is 0 Å². The maximum Gasteiger partial charge on any atom is 0.254 e. The van der Waals surface area contributed by atoms with Crippen LogP contribution in [-0.4, -0.2) is 31.1 Å². The molecule has 0 fully saturated rings. The maximum absolute atomic E-state index is 12.6. The van der Waals surface area contributed by atoms with Crippen LogP contribution >= 0.6 is 15.9 Å². The lowest BCUT2D eigenvalue weighted by Crippen LogP contribution is -2.26. The van der Waals surface area contributed by atoms with Gasteiger partial charge in [0.25, 0.3) is 5.91 Å². The second-order valence-electron chi connectivity index (χ2n) is 5.11. The van der Waals surface area contributed by atoms with E-state index in [0.29, 0.717) is 36.8 Å². The van der Waals surface area contributed by atoms with Gasteiger partial charge in [0.05, 0.1) is 0 Å². The van der Waals surface area contributed by atoms with Crippen LogP contribution in [0.25, 0.3) is 0 Å². The number of hydrogen-bond acceptors (Lipinski definition) is 3. The molecule has 22 heavy (non-hydrogen) atoms. The molecule has 4 nitrogen and oxygen atoms in total. The smallest absolute Gasteiger partial charge is 0.254 e. The maximum atomic E-state index is 12.6. The van der Waals surface area contributed by atoms with Crippen LogP contribution in [-0.2, 0) is 6.54 Å². The standard InChI is InChI=1S/C17H16BrNO3/c1-19(11-13-4-2-3-5-14(13)18)17(20)12-6-7-15-16(10-12)22-9-8-21-15/h2-7,10H,8-9,11H2,1H3. The minimum Gasteiger partial charge on any atom is -0.486 e. The summed E-state index contributed by atoms with van der Waals surface area (Å²) >= 11 is 3.50. The van der Waals surface area contributed by atoms with E-state index >= 15 is 0 Å². The Bertz CT molecular complexity index is 702. The summed E-state index contributed by atoms with van der Waals surface area (Å²) in [6.45, 7) is 1.59. The van der Waals surface area contributed by atoms with E-state index in [1.807, 2.05) is 24.3 Å². The molecule has 1 aliphatic rings. The Morgan fingerprint density at radius 2 is 1.86 bits per heavy atom. The molecule has 1 amide bonds. The van der Waals surface area contributed by atoms with Crippen molar-refractivity contribution < 1.29 is 14.3 Å². The van der Waals surface area contributed by atoms with Gasteiger partial charge in [0.1, 0.15) is 13.2 Å². The monoisotopic (exact) mass is 361 g/mol. The molecule has 0 unspecified atom stereocenters. The van der Waals surface area contributed by atoms with Crippen LogP contribution in [0.1, 0.15) is 15.9 Å². The van der Waals surface area contributed by atoms with Crippen LogP contribution in [0.3, 0.4) is 0 Å². The number of halogens is 1. The Labute approximate surface area is 137 Å². The molecule has 0 aliphatic carbocycles. The Kier molecular flexibility index (Phi) is 4.34. The molecule has 2 aromatic rings. The minimum absolute atomic E-state index is 0.0484. The first kappa shape index (κ1) is 14.9. The molecule has 0 spiro atoms. The number of benzene rings is 2. The lowest BCUT2D eigenvalue weighted by Gasteiger charge is -2.21. The number of amides is 1. The minimum atomic E-state index is -0.0484. The van der Waals surface area contributed by atoms with E-state index in [1.54, 1.807) is 30.1 Å². The lowest BCUT2D eigenvalue weighted by molar-refractivity contribution is 0.0783. The van der Waals surface area contributed by atoms with Crippen LogP contribution in [0.5, 0.6) is 11.5 Å². The summed E-state index contributed by atoms with van der Waals surface area (Å²) in [5.74, 6) is 1.27. The summed E-state index contributed by atoms with van der Waals surface area (Å²) in [6.07, 6.45) is 0. The van der Waals surface area contributed by atoms with Gasteiger partial charge in [-0.15, -0.1) is 0 Å². The van der Waals surface area contributed by atoms with Gasteiger partial charge >= 0.3 is 0 Å². The number of carbonyl (C=O) groups is 1. The highest BCUT2D eigenvalue weighted by molar-refractivity contribution is 9.10. The summed E-state index contributed by atoms with van der Waals surface area (Å²) in [5, 5.41) is 0. The fourth-order valence-corrected chi connectivity index (χ4v) is 2.76. The predicted molar refractivity (Wildman–Crippen MR) is 87.4 cm³/mol. The fourth-order valence-electron chi connectivity index (χ4n) is 2.35. The van der Waals surface area contributed by atoms with Crippen LogP contribution in [0.2, 0.25) is 0 Å². The van der Waals surface area contributed by atoms with Crippen molar-refractivity contribution in [3.63, 3.8) is 0 Å². The summed E-state index contributed by atoms with van der Waals surface area (Å²) in [7, 11) is 1.79. The topological polar surface area (TPSA) is 38.8 Å². The van der Waals surface area contributed by atoms with E-state index in [2.05, 4.69) is 15.9 Å². The van der Waals surface area contributed by atoms with Crippen molar-refractivity contribution in [2.45, 2.75) is 6.54 Å². The summed E-state index contributed by atoms with van der Waals surface area (Å²) < 4.78 is 12.0. The van der Waals surface area contributed by atoms with Gasteiger partial charge in [0.2, 0.25) is 0 Å². The Morgan fingerprint density at radius 1 is 1.14 bits per heavy atom. The number of rotatable bonds is 3. The van der Waals surface area contributed by atoms with E-state index in [-0.39, 0.29) is 5.91 Å². The third-order valence-corrected chi connectivity index (χ3v) is 4.27. The second kappa shape index (κ2) is 6.40. The molecule has 1 aliphatic heterocycles. The van der Waals surface area contributed by atoms with Gasteiger partial charge in [-0.2, -0.15) is 0 Å². The largest absolute Gasteiger partial charge is 0.486 e. The second-order valence-corrected chi connectivity index (χ2v) is 5.97. The van der Waals surface area contributed by atoms with Gasteiger partial charge in [-0.05, 0) is 29.8 Å². The highest BCUT2D eigenvalue weighted by Crippen LogP contribution is 2.31. The molecule has 114 valence electrons. The number of fused-ring (bicyclic) bond motifs is 1. The zero-order valence-electron chi connectivity index (χ0n) is 12.2. The molecule has 0 radical (unpaired) electrons. The van der Waals surface area contributed by atoms with E-state index in [9.17, 15) is 4.79 Å². The number of ether oxygens (including phenoxy) is 2. The van der Waals surface area contributed by atoms with Gasteiger partial charge in [0.15, 0.2) is 11.5 Å². The van der Waals surface area contributed by atoms with Crippen molar-refractivity contribution in [1.82, 2.24) is 4.90 Å². The first-order valence-electron chi connectivity index (χ1n) is 7.03. The quantitative estimate of drug-likeness (QED) is 0.839. The molecule has 2 aromatic carbocycles. The van der Waals surface area contributed by atoms with Crippen LogP contribution < -0.4 is 9.47 Å². The third-order valence-electron chi connectivity index (χ3n) is 3.50. The molecule has 1 heterocycles. The van der Waals surface area contributed by atoms with E-state index in [0.717, 1.165) is 10.0 Å². The van der Waals surface area contributed by atoms with Crippen molar-refractivity contribution in [1.29, 1.82) is 0 Å². The average Bonchev–Trinajstić information content (AvgIpc) is 2.55.